The van der Waals surface area contributed by atoms with E-state index < -0.39 is 5.41 Å². The number of ether oxygens (including phenoxy) is 1. The molecule has 0 aromatic heterocycles. The van der Waals surface area contributed by atoms with Crippen molar-refractivity contribution in [2.24, 2.45) is 17.1 Å². The molecule has 0 aromatic rings. The summed E-state index contributed by atoms with van der Waals surface area (Å²) in [5.41, 5.74) is 5.34. The predicted molar refractivity (Wildman–Crippen MR) is 85.6 cm³/mol. The van der Waals surface area contributed by atoms with Crippen LogP contribution in [0.25, 0.3) is 0 Å². The standard InChI is InChI=1S/C15H28N2O2S/c1-12(2)11-17(9-10-19-3)14(18)15(13(16)20)7-5-4-6-8-15/h12H,4-11H2,1-3H3,(H2,16,20). The van der Waals surface area contributed by atoms with Crippen LogP contribution in [0.1, 0.15) is 46.0 Å². The lowest BCUT2D eigenvalue weighted by atomic mass is 9.72. The van der Waals surface area contributed by atoms with E-state index in [9.17, 15) is 4.79 Å². The second-order valence-electron chi connectivity index (χ2n) is 6.14. The third kappa shape index (κ3) is 4.16. The van der Waals surface area contributed by atoms with Crippen molar-refractivity contribution in [2.75, 3.05) is 26.8 Å². The smallest absolute Gasteiger partial charge is 0.235 e. The van der Waals surface area contributed by atoms with Gasteiger partial charge in [-0.3, -0.25) is 4.79 Å². The van der Waals surface area contributed by atoms with E-state index in [0.29, 0.717) is 24.1 Å². The Kier molecular flexibility index (Phi) is 6.89. The quantitative estimate of drug-likeness (QED) is 0.733. The zero-order valence-electron chi connectivity index (χ0n) is 13.0. The van der Waals surface area contributed by atoms with E-state index in [0.717, 1.165) is 32.2 Å². The summed E-state index contributed by atoms with van der Waals surface area (Å²) in [4.78, 5) is 15.3. The predicted octanol–water partition coefficient (Wildman–Crippen LogP) is 2.35. The van der Waals surface area contributed by atoms with Gasteiger partial charge >= 0.3 is 0 Å². The summed E-state index contributed by atoms with van der Waals surface area (Å²) in [6.07, 6.45) is 4.82. The molecule has 1 aliphatic carbocycles. The zero-order chi connectivity index (χ0) is 15.2. The number of thiocarbonyl (C=S) groups is 1. The van der Waals surface area contributed by atoms with Crippen LogP contribution in [-0.2, 0) is 9.53 Å². The fraction of sp³-hybridized carbons (Fsp3) is 0.867. The van der Waals surface area contributed by atoms with E-state index >= 15 is 0 Å². The largest absolute Gasteiger partial charge is 0.392 e. The number of amides is 1. The van der Waals surface area contributed by atoms with Gasteiger partial charge in [-0.2, -0.15) is 0 Å². The van der Waals surface area contributed by atoms with Crippen LogP contribution in [0.4, 0.5) is 0 Å². The number of nitrogens with zero attached hydrogens (tertiary/aromatic N) is 1. The lowest BCUT2D eigenvalue weighted by molar-refractivity contribution is -0.141. The van der Waals surface area contributed by atoms with E-state index in [2.05, 4.69) is 13.8 Å². The molecular weight excluding hydrogens is 272 g/mol. The molecule has 1 fully saturated rings. The Morgan fingerprint density at radius 1 is 1.35 bits per heavy atom. The molecule has 2 N–H and O–H groups in total. The molecule has 5 heteroatoms. The van der Waals surface area contributed by atoms with Crippen LogP contribution >= 0.6 is 12.2 Å². The highest BCUT2D eigenvalue weighted by Gasteiger charge is 2.44. The molecule has 0 spiro atoms. The summed E-state index contributed by atoms with van der Waals surface area (Å²) in [6, 6.07) is 0. The van der Waals surface area contributed by atoms with Gasteiger partial charge in [-0.1, -0.05) is 45.3 Å². The normalized spacial score (nSPS) is 18.0. The van der Waals surface area contributed by atoms with E-state index in [-0.39, 0.29) is 5.91 Å². The Morgan fingerprint density at radius 3 is 2.40 bits per heavy atom. The van der Waals surface area contributed by atoms with Crippen LogP contribution in [0.15, 0.2) is 0 Å². The number of carbonyl (C=O) groups excluding carboxylic acids is 1. The Bertz CT molecular complexity index is 339. The Labute approximate surface area is 128 Å². The van der Waals surface area contributed by atoms with Crippen molar-refractivity contribution in [3.05, 3.63) is 0 Å². The fourth-order valence-electron chi connectivity index (χ4n) is 2.94. The van der Waals surface area contributed by atoms with Crippen LogP contribution in [0.5, 0.6) is 0 Å². The molecule has 1 amide bonds. The summed E-state index contributed by atoms with van der Waals surface area (Å²) in [7, 11) is 1.65. The molecule has 1 saturated carbocycles. The van der Waals surface area contributed by atoms with Gasteiger partial charge in [0, 0.05) is 20.2 Å². The molecule has 0 bridgehead atoms. The van der Waals surface area contributed by atoms with Crippen LogP contribution in [0, 0.1) is 11.3 Å². The Hall–Kier alpha value is -0.680. The molecule has 0 saturated heterocycles. The van der Waals surface area contributed by atoms with E-state index in [4.69, 9.17) is 22.7 Å². The monoisotopic (exact) mass is 300 g/mol. The fourth-order valence-corrected chi connectivity index (χ4v) is 3.23. The number of hydrogen-bond acceptors (Lipinski definition) is 3. The number of rotatable bonds is 7. The number of methoxy groups -OCH3 is 1. The van der Waals surface area contributed by atoms with Gasteiger partial charge in [-0.15, -0.1) is 0 Å². The SMILES string of the molecule is COCCN(CC(C)C)C(=O)C1(C(N)=S)CCCCC1. The van der Waals surface area contributed by atoms with Crippen molar-refractivity contribution in [1.29, 1.82) is 0 Å². The second-order valence-corrected chi connectivity index (χ2v) is 6.58. The average Bonchev–Trinajstić information content (AvgIpc) is 2.42. The van der Waals surface area contributed by atoms with Gasteiger partial charge in [0.2, 0.25) is 5.91 Å². The van der Waals surface area contributed by atoms with Crippen molar-refractivity contribution in [3.8, 4) is 0 Å². The molecule has 1 aliphatic rings. The second kappa shape index (κ2) is 7.93. The van der Waals surface area contributed by atoms with Crippen molar-refractivity contribution in [1.82, 2.24) is 4.90 Å². The molecule has 0 unspecified atom stereocenters. The van der Waals surface area contributed by atoms with Crippen molar-refractivity contribution in [2.45, 2.75) is 46.0 Å². The van der Waals surface area contributed by atoms with Gasteiger partial charge in [0.1, 0.15) is 0 Å². The molecule has 0 aromatic carbocycles. The maximum atomic E-state index is 13.0. The van der Waals surface area contributed by atoms with Crippen LogP contribution in [0.2, 0.25) is 0 Å². The first-order chi connectivity index (χ1) is 9.44. The van der Waals surface area contributed by atoms with Crippen molar-refractivity contribution < 1.29 is 9.53 Å². The third-order valence-corrected chi connectivity index (χ3v) is 4.42. The van der Waals surface area contributed by atoms with E-state index in [1.807, 2.05) is 4.90 Å². The van der Waals surface area contributed by atoms with Crippen LogP contribution in [0.3, 0.4) is 0 Å². The minimum atomic E-state index is -0.615. The summed E-state index contributed by atoms with van der Waals surface area (Å²) in [5, 5.41) is 0. The topological polar surface area (TPSA) is 55.6 Å². The van der Waals surface area contributed by atoms with Gasteiger partial charge in [0.05, 0.1) is 17.0 Å². The first-order valence-corrected chi connectivity index (χ1v) is 7.93. The number of carbonyl (C=O) groups is 1. The van der Waals surface area contributed by atoms with Crippen LogP contribution < -0.4 is 5.73 Å². The molecule has 20 heavy (non-hydrogen) atoms. The summed E-state index contributed by atoms with van der Waals surface area (Å²) in [6.45, 7) is 6.11. The third-order valence-electron chi connectivity index (χ3n) is 4.03. The van der Waals surface area contributed by atoms with E-state index in [1.165, 1.54) is 6.42 Å². The van der Waals surface area contributed by atoms with Gasteiger partial charge in [-0.25, -0.2) is 0 Å². The Balaban J connectivity index is 2.90. The molecule has 0 heterocycles. The molecule has 0 aliphatic heterocycles. The lowest BCUT2D eigenvalue weighted by Crippen LogP contribution is -2.53. The maximum Gasteiger partial charge on any atom is 0.235 e. The minimum absolute atomic E-state index is 0.107. The maximum absolute atomic E-state index is 13.0. The Morgan fingerprint density at radius 2 is 1.95 bits per heavy atom. The molecule has 0 radical (unpaired) electrons. The van der Waals surface area contributed by atoms with Crippen molar-refractivity contribution in [3.63, 3.8) is 0 Å². The first-order valence-electron chi connectivity index (χ1n) is 7.52. The number of nitrogens with two attached hydrogens (primary N) is 1. The van der Waals surface area contributed by atoms with Gasteiger partial charge in [-0.05, 0) is 18.8 Å². The zero-order valence-corrected chi connectivity index (χ0v) is 13.8. The molecule has 4 nitrogen and oxygen atoms in total. The first kappa shape index (κ1) is 17.4. The van der Waals surface area contributed by atoms with Crippen LogP contribution in [-0.4, -0.2) is 42.6 Å². The lowest BCUT2D eigenvalue weighted by Gasteiger charge is -2.39. The highest BCUT2D eigenvalue weighted by atomic mass is 32.1. The molecule has 116 valence electrons. The molecule has 0 atom stereocenters. The minimum Gasteiger partial charge on any atom is -0.392 e. The van der Waals surface area contributed by atoms with E-state index in [1.54, 1.807) is 7.11 Å². The summed E-state index contributed by atoms with van der Waals surface area (Å²) >= 11 is 5.25. The highest BCUT2D eigenvalue weighted by molar-refractivity contribution is 7.80. The van der Waals surface area contributed by atoms with Crippen molar-refractivity contribution >= 4 is 23.1 Å². The summed E-state index contributed by atoms with van der Waals surface area (Å²) < 4.78 is 5.13. The molecule has 1 rings (SSSR count). The average molecular weight is 300 g/mol. The van der Waals surface area contributed by atoms with Gasteiger partial charge in [0.25, 0.3) is 0 Å². The van der Waals surface area contributed by atoms with Gasteiger partial charge < -0.3 is 15.4 Å². The number of hydrogen-bond donors (Lipinski definition) is 1. The molecular formula is C15H28N2O2S. The summed E-state index contributed by atoms with van der Waals surface area (Å²) in [5.74, 6) is 0.526. The highest BCUT2D eigenvalue weighted by Crippen LogP contribution is 2.38. The van der Waals surface area contributed by atoms with Gasteiger partial charge in [0.15, 0.2) is 0 Å².